The van der Waals surface area contributed by atoms with E-state index >= 15 is 0 Å². The van der Waals surface area contributed by atoms with Gasteiger partial charge in [-0.1, -0.05) is 35.2 Å². The molecule has 94 valence electrons. The van der Waals surface area contributed by atoms with E-state index in [1.165, 1.54) is 12.8 Å². The molecule has 1 aliphatic rings. The zero-order valence-electron chi connectivity index (χ0n) is 9.94. The van der Waals surface area contributed by atoms with Gasteiger partial charge in [-0.3, -0.25) is 0 Å². The van der Waals surface area contributed by atoms with Gasteiger partial charge >= 0.3 is 0 Å². The fourth-order valence-corrected chi connectivity index (χ4v) is 2.52. The van der Waals surface area contributed by atoms with E-state index in [-0.39, 0.29) is 12.2 Å². The van der Waals surface area contributed by atoms with Gasteiger partial charge in [0, 0.05) is 4.47 Å². The highest BCUT2D eigenvalue weighted by Crippen LogP contribution is 2.24. The number of rotatable bonds is 2. The highest BCUT2D eigenvalue weighted by molar-refractivity contribution is 9.10. The van der Waals surface area contributed by atoms with Gasteiger partial charge < -0.3 is 9.84 Å². The molecule has 1 aliphatic carbocycles. The molecule has 1 fully saturated rings. The van der Waals surface area contributed by atoms with Gasteiger partial charge in [0.25, 0.3) is 0 Å². The van der Waals surface area contributed by atoms with E-state index in [9.17, 15) is 5.11 Å². The number of hydrogen-bond acceptors (Lipinski definition) is 2. The molecule has 2 rings (SSSR count). The quantitative estimate of drug-likeness (QED) is 0.897. The highest BCUT2D eigenvalue weighted by atomic mass is 79.9. The Balaban J connectivity index is 1.97. The average molecular weight is 299 g/mol. The van der Waals surface area contributed by atoms with Gasteiger partial charge in [0.1, 0.15) is 11.9 Å². The second-order valence-electron chi connectivity index (χ2n) is 4.67. The molecule has 2 unspecified atom stereocenters. The summed E-state index contributed by atoms with van der Waals surface area (Å²) >= 11 is 3.40. The van der Waals surface area contributed by atoms with Crippen molar-refractivity contribution in [2.24, 2.45) is 0 Å². The molecule has 0 saturated heterocycles. The Hall–Kier alpha value is -0.540. The monoisotopic (exact) mass is 298 g/mol. The third-order valence-electron chi connectivity index (χ3n) is 3.27. The topological polar surface area (TPSA) is 29.5 Å². The molecule has 0 radical (unpaired) electrons. The molecule has 1 aromatic rings. The van der Waals surface area contributed by atoms with Crippen LogP contribution in [0.1, 0.15) is 38.5 Å². The van der Waals surface area contributed by atoms with Crippen LogP contribution in [0.4, 0.5) is 0 Å². The van der Waals surface area contributed by atoms with Crippen molar-refractivity contribution in [2.75, 3.05) is 0 Å². The molecule has 2 atom stereocenters. The van der Waals surface area contributed by atoms with Crippen LogP contribution in [0.15, 0.2) is 28.7 Å². The zero-order chi connectivity index (χ0) is 12.1. The minimum Gasteiger partial charge on any atom is -0.488 e. The van der Waals surface area contributed by atoms with Gasteiger partial charge in [-0.15, -0.1) is 0 Å². The van der Waals surface area contributed by atoms with E-state index in [1.807, 2.05) is 24.3 Å². The molecule has 0 spiro atoms. The molecule has 0 heterocycles. The van der Waals surface area contributed by atoms with Crippen molar-refractivity contribution in [3.8, 4) is 5.75 Å². The summed E-state index contributed by atoms with van der Waals surface area (Å²) < 4.78 is 6.93. The van der Waals surface area contributed by atoms with Crippen LogP contribution in [0.3, 0.4) is 0 Å². The number of hydrogen-bond donors (Lipinski definition) is 1. The predicted octanol–water partition coefficient (Wildman–Crippen LogP) is 3.91. The van der Waals surface area contributed by atoms with Gasteiger partial charge in [-0.2, -0.15) is 0 Å². The Morgan fingerprint density at radius 2 is 1.65 bits per heavy atom. The number of halogens is 1. The Morgan fingerprint density at radius 3 is 2.35 bits per heavy atom. The largest absolute Gasteiger partial charge is 0.488 e. The van der Waals surface area contributed by atoms with Gasteiger partial charge in [-0.05, 0) is 43.5 Å². The first-order valence-corrected chi connectivity index (χ1v) is 7.15. The standard InChI is InChI=1S/C14H19BrO2/c15-11-7-9-12(10-8-11)17-14-6-4-2-1-3-5-13(14)16/h7-10,13-14,16H,1-6H2. The van der Waals surface area contributed by atoms with Crippen LogP contribution >= 0.6 is 15.9 Å². The predicted molar refractivity (Wildman–Crippen MR) is 72.3 cm³/mol. The van der Waals surface area contributed by atoms with E-state index in [1.54, 1.807) is 0 Å². The van der Waals surface area contributed by atoms with Gasteiger partial charge in [0.2, 0.25) is 0 Å². The first kappa shape index (κ1) is 12.9. The smallest absolute Gasteiger partial charge is 0.124 e. The van der Waals surface area contributed by atoms with Crippen LogP contribution in [-0.2, 0) is 0 Å². The average Bonchev–Trinajstić information content (AvgIpc) is 2.31. The Kier molecular flexibility index (Phi) is 4.86. The third-order valence-corrected chi connectivity index (χ3v) is 3.80. The normalized spacial score (nSPS) is 26.0. The van der Waals surface area contributed by atoms with Crippen LogP contribution < -0.4 is 4.74 Å². The van der Waals surface area contributed by atoms with E-state index in [2.05, 4.69) is 15.9 Å². The zero-order valence-corrected chi connectivity index (χ0v) is 11.5. The molecular weight excluding hydrogens is 280 g/mol. The van der Waals surface area contributed by atoms with E-state index in [0.717, 1.165) is 35.9 Å². The maximum Gasteiger partial charge on any atom is 0.124 e. The van der Waals surface area contributed by atoms with E-state index in [0.29, 0.717) is 0 Å². The lowest BCUT2D eigenvalue weighted by Gasteiger charge is -2.26. The second kappa shape index (κ2) is 6.41. The summed E-state index contributed by atoms with van der Waals surface area (Å²) in [4.78, 5) is 0. The second-order valence-corrected chi connectivity index (χ2v) is 5.58. The van der Waals surface area contributed by atoms with E-state index < -0.39 is 0 Å². The number of aliphatic hydroxyl groups excluding tert-OH is 1. The third kappa shape index (κ3) is 4.00. The Morgan fingerprint density at radius 1 is 1.00 bits per heavy atom. The lowest BCUT2D eigenvalue weighted by molar-refractivity contribution is 0.0187. The number of benzene rings is 1. The van der Waals surface area contributed by atoms with Crippen LogP contribution in [0.25, 0.3) is 0 Å². The molecule has 2 nitrogen and oxygen atoms in total. The van der Waals surface area contributed by atoms with Gasteiger partial charge in [-0.25, -0.2) is 0 Å². The molecular formula is C14H19BrO2. The van der Waals surface area contributed by atoms with Crippen LogP contribution in [-0.4, -0.2) is 17.3 Å². The highest BCUT2D eigenvalue weighted by Gasteiger charge is 2.22. The molecule has 1 saturated carbocycles. The minimum atomic E-state index is -0.320. The van der Waals surface area contributed by atoms with Crippen molar-refractivity contribution < 1.29 is 9.84 Å². The number of ether oxygens (including phenoxy) is 1. The lowest BCUT2D eigenvalue weighted by atomic mass is 9.96. The van der Waals surface area contributed by atoms with E-state index in [4.69, 9.17) is 4.74 Å². The van der Waals surface area contributed by atoms with Crippen molar-refractivity contribution >= 4 is 15.9 Å². The van der Waals surface area contributed by atoms with Crippen molar-refractivity contribution in [2.45, 2.75) is 50.7 Å². The first-order chi connectivity index (χ1) is 8.25. The summed E-state index contributed by atoms with van der Waals surface area (Å²) in [5, 5.41) is 10.1. The molecule has 0 aromatic heterocycles. The summed E-state index contributed by atoms with van der Waals surface area (Å²) in [6.45, 7) is 0. The Bertz CT molecular complexity index is 337. The first-order valence-electron chi connectivity index (χ1n) is 6.36. The van der Waals surface area contributed by atoms with Crippen molar-refractivity contribution in [1.82, 2.24) is 0 Å². The van der Waals surface area contributed by atoms with Gasteiger partial charge in [0.15, 0.2) is 0 Å². The maximum absolute atomic E-state index is 10.1. The molecule has 0 bridgehead atoms. The molecule has 1 N–H and O–H groups in total. The van der Waals surface area contributed by atoms with Crippen LogP contribution in [0.5, 0.6) is 5.75 Å². The molecule has 0 aliphatic heterocycles. The molecule has 0 amide bonds. The fraction of sp³-hybridized carbons (Fsp3) is 0.571. The SMILES string of the molecule is OC1CCCCCCC1Oc1ccc(Br)cc1. The van der Waals surface area contributed by atoms with Crippen molar-refractivity contribution in [3.63, 3.8) is 0 Å². The van der Waals surface area contributed by atoms with Crippen LogP contribution in [0.2, 0.25) is 0 Å². The fourth-order valence-electron chi connectivity index (χ4n) is 2.26. The minimum absolute atomic E-state index is 0.0449. The number of aliphatic hydroxyl groups is 1. The summed E-state index contributed by atoms with van der Waals surface area (Å²) in [7, 11) is 0. The summed E-state index contributed by atoms with van der Waals surface area (Å²) in [5.74, 6) is 0.845. The van der Waals surface area contributed by atoms with Gasteiger partial charge in [0.05, 0.1) is 6.10 Å². The molecule has 17 heavy (non-hydrogen) atoms. The molecule has 1 aromatic carbocycles. The van der Waals surface area contributed by atoms with Crippen molar-refractivity contribution in [1.29, 1.82) is 0 Å². The summed E-state index contributed by atoms with van der Waals surface area (Å²) in [5.41, 5.74) is 0. The van der Waals surface area contributed by atoms with Crippen molar-refractivity contribution in [3.05, 3.63) is 28.7 Å². The Labute approximate surface area is 111 Å². The maximum atomic E-state index is 10.1. The summed E-state index contributed by atoms with van der Waals surface area (Å²) in [6.07, 6.45) is 6.21. The lowest BCUT2D eigenvalue weighted by Crippen LogP contribution is -2.32. The summed E-state index contributed by atoms with van der Waals surface area (Å²) in [6, 6.07) is 7.81. The molecule has 3 heteroatoms. The van der Waals surface area contributed by atoms with Crippen LogP contribution in [0, 0.1) is 0 Å².